The van der Waals surface area contributed by atoms with E-state index in [2.05, 4.69) is 122 Å². The summed E-state index contributed by atoms with van der Waals surface area (Å²) >= 11 is 0. The van der Waals surface area contributed by atoms with Gasteiger partial charge < -0.3 is 0 Å². The van der Waals surface area contributed by atoms with Crippen molar-refractivity contribution in [3.05, 3.63) is 187 Å². The summed E-state index contributed by atoms with van der Waals surface area (Å²) in [6.45, 7) is 17.8. The fourth-order valence-corrected chi connectivity index (χ4v) is 6.93. The third-order valence-electron chi connectivity index (χ3n) is 9.47. The Morgan fingerprint density at radius 3 is 2.17 bits per heavy atom. The van der Waals surface area contributed by atoms with E-state index in [9.17, 15) is 0 Å². The lowest BCUT2D eigenvalue weighted by Gasteiger charge is -2.32. The van der Waals surface area contributed by atoms with Gasteiger partial charge in [0, 0.05) is 29.0 Å². The van der Waals surface area contributed by atoms with Gasteiger partial charge in [0.1, 0.15) is 0 Å². The lowest BCUT2D eigenvalue weighted by Crippen LogP contribution is -2.24. The van der Waals surface area contributed by atoms with Crippen LogP contribution in [-0.4, -0.2) is 16.2 Å². The monoisotopic (exact) mass is 679 g/mol. The van der Waals surface area contributed by atoms with E-state index >= 15 is 0 Å². The van der Waals surface area contributed by atoms with Crippen molar-refractivity contribution in [1.29, 1.82) is 0 Å². The zero-order chi connectivity index (χ0) is 36.9. The molecule has 0 aliphatic heterocycles. The third-order valence-corrected chi connectivity index (χ3v) is 9.47. The first kappa shape index (κ1) is 37.3. The molecule has 0 fully saturated rings. The van der Waals surface area contributed by atoms with Crippen molar-refractivity contribution >= 4 is 11.8 Å². The number of hydrogen-bond acceptors (Lipinski definition) is 3. The van der Waals surface area contributed by atoms with Gasteiger partial charge in [0.15, 0.2) is 5.82 Å². The minimum Gasteiger partial charge on any atom is -0.265 e. The zero-order valence-corrected chi connectivity index (χ0v) is 31.2. The molecule has 0 saturated heterocycles. The molecule has 0 bridgehead atoms. The molecule has 7 rings (SSSR count). The van der Waals surface area contributed by atoms with Crippen molar-refractivity contribution in [2.75, 3.05) is 0 Å². The van der Waals surface area contributed by atoms with Crippen LogP contribution in [-0.2, 0) is 5.41 Å². The molecule has 0 amide bonds. The molecule has 260 valence electrons. The van der Waals surface area contributed by atoms with E-state index < -0.39 is 0 Å². The van der Waals surface area contributed by atoms with Crippen LogP contribution in [0, 0.1) is 0 Å². The fourth-order valence-electron chi connectivity index (χ4n) is 6.93. The quantitative estimate of drug-likeness (QED) is 0.121. The summed E-state index contributed by atoms with van der Waals surface area (Å²) in [5.74, 6) is 0.704. The van der Waals surface area contributed by atoms with Gasteiger partial charge in [-0.2, -0.15) is 0 Å². The highest BCUT2D eigenvalue weighted by Crippen LogP contribution is 2.54. The van der Waals surface area contributed by atoms with Crippen molar-refractivity contribution in [3.8, 4) is 44.9 Å². The molecule has 0 saturated carbocycles. The van der Waals surface area contributed by atoms with Crippen molar-refractivity contribution < 1.29 is 0 Å². The average Bonchev–Trinajstić information content (AvgIpc) is 3.48. The first-order valence-corrected chi connectivity index (χ1v) is 18.2. The Bertz CT molecular complexity index is 2180. The maximum atomic E-state index is 5.03. The van der Waals surface area contributed by atoms with Gasteiger partial charge in [-0.25, -0.2) is 9.97 Å². The Morgan fingerprint density at radius 1 is 0.750 bits per heavy atom. The van der Waals surface area contributed by atoms with Crippen LogP contribution in [0.2, 0.25) is 0 Å². The number of hydrogen-bond donors (Lipinski definition) is 0. The van der Waals surface area contributed by atoms with E-state index in [1.165, 1.54) is 33.4 Å². The van der Waals surface area contributed by atoms with Gasteiger partial charge in [0.05, 0.1) is 11.4 Å². The lowest BCUT2D eigenvalue weighted by molar-refractivity contribution is 0.650. The van der Waals surface area contributed by atoms with E-state index in [0.717, 1.165) is 46.5 Å². The number of fused-ring (bicyclic) bond motifs is 3. The van der Waals surface area contributed by atoms with Gasteiger partial charge in [0.25, 0.3) is 0 Å². The Morgan fingerprint density at radius 2 is 1.46 bits per heavy atom. The Labute approximate surface area is 311 Å². The maximum Gasteiger partial charge on any atom is 0.160 e. The lowest BCUT2D eigenvalue weighted by atomic mass is 9.71. The number of rotatable bonds is 8. The van der Waals surface area contributed by atoms with Crippen LogP contribution in [0.15, 0.2) is 176 Å². The van der Waals surface area contributed by atoms with Crippen LogP contribution >= 0.6 is 0 Å². The Kier molecular flexibility index (Phi) is 12.8. The number of benzene rings is 4. The molecule has 52 heavy (non-hydrogen) atoms. The number of aliphatic imine (C=N–C) groups is 1. The summed E-state index contributed by atoms with van der Waals surface area (Å²) in [6, 6.07) is 36.9. The molecule has 2 aliphatic rings. The normalized spacial score (nSPS) is 15.9. The van der Waals surface area contributed by atoms with Crippen molar-refractivity contribution in [2.45, 2.75) is 52.9 Å². The highest BCUT2D eigenvalue weighted by molar-refractivity contribution is 5.87. The summed E-state index contributed by atoms with van der Waals surface area (Å²) in [6.07, 6.45) is 19.8. The van der Waals surface area contributed by atoms with Gasteiger partial charge in [0.2, 0.25) is 0 Å². The second-order valence-corrected chi connectivity index (χ2v) is 12.5. The summed E-state index contributed by atoms with van der Waals surface area (Å²) in [5, 5.41) is 0. The van der Waals surface area contributed by atoms with Gasteiger partial charge in [-0.3, -0.25) is 4.99 Å². The Hall–Kier alpha value is -5.93. The van der Waals surface area contributed by atoms with Crippen molar-refractivity contribution in [1.82, 2.24) is 9.97 Å². The maximum absolute atomic E-state index is 5.03. The molecule has 3 nitrogen and oxygen atoms in total. The van der Waals surface area contributed by atoms with Crippen molar-refractivity contribution in [3.63, 3.8) is 0 Å². The predicted octanol–water partition coefficient (Wildman–Crippen LogP) is 13.4. The van der Waals surface area contributed by atoms with E-state index in [0.29, 0.717) is 5.82 Å². The molecular formula is C49H49N3. The molecule has 0 radical (unpaired) electrons. The molecule has 5 aromatic rings. The molecule has 1 unspecified atom stereocenters. The number of allylic oxidation sites excluding steroid dienone is 9. The fraction of sp³-hybridized carbons (Fsp3) is 0.163. The first-order chi connectivity index (χ1) is 25.5. The molecule has 2 aliphatic carbocycles. The van der Waals surface area contributed by atoms with E-state index in [-0.39, 0.29) is 5.41 Å². The van der Waals surface area contributed by atoms with Crippen LogP contribution < -0.4 is 0 Å². The highest BCUT2D eigenvalue weighted by atomic mass is 14.9. The van der Waals surface area contributed by atoms with Crippen molar-refractivity contribution in [2.24, 2.45) is 4.99 Å². The van der Waals surface area contributed by atoms with Crippen LogP contribution in [0.25, 0.3) is 50.5 Å². The molecule has 4 aromatic carbocycles. The largest absolute Gasteiger partial charge is 0.265 e. The highest BCUT2D eigenvalue weighted by Gasteiger charge is 2.41. The van der Waals surface area contributed by atoms with Crippen LogP contribution in [0.3, 0.4) is 0 Å². The molecule has 3 heteroatoms. The second kappa shape index (κ2) is 17.8. The van der Waals surface area contributed by atoms with E-state index in [4.69, 9.17) is 9.97 Å². The van der Waals surface area contributed by atoms with E-state index in [1.807, 2.05) is 70.2 Å². The average molecular weight is 680 g/mol. The summed E-state index contributed by atoms with van der Waals surface area (Å²) in [4.78, 5) is 13.8. The minimum absolute atomic E-state index is 0.116. The van der Waals surface area contributed by atoms with E-state index in [1.54, 1.807) is 18.5 Å². The van der Waals surface area contributed by atoms with Gasteiger partial charge in [-0.15, -0.1) is 0 Å². The zero-order valence-electron chi connectivity index (χ0n) is 31.2. The molecule has 0 N–H and O–H groups in total. The minimum atomic E-state index is -0.116. The SMILES string of the molecule is C=C/C(=C\C)c1cc(-c2ccccc2)nc(-c2cccc(-c3ccc4c(c3)-c3ccccc3C4(C)C3=CC=CCC3)c2)n1.C=CC=N/C=C\C.CC. The summed E-state index contributed by atoms with van der Waals surface area (Å²) in [7, 11) is 0. The van der Waals surface area contributed by atoms with Crippen LogP contribution in [0.5, 0.6) is 0 Å². The third kappa shape index (κ3) is 7.85. The summed E-state index contributed by atoms with van der Waals surface area (Å²) in [5.41, 5.74) is 14.0. The van der Waals surface area contributed by atoms with Gasteiger partial charge in [-0.05, 0) is 90.8 Å². The molecular weight excluding hydrogens is 631 g/mol. The Balaban J connectivity index is 0.000000522. The molecule has 1 aromatic heterocycles. The number of nitrogens with zero attached hydrogens (tertiary/aromatic N) is 3. The standard InChI is InChI=1S/C41H34N2.C6H9N.C2H6/c1-4-28(5-2)38-27-39(29-15-8-6-9-16-29)43-40(42-38)32-18-14-17-30(25-32)31-23-24-37-35(26-31)34-21-12-13-22-36(34)41(37,3)33-19-10-7-11-20-33;1-3-5-7-6-4-2;1-2/h4-10,12-19,21-27H,1,11,20H2,2-3H3;3-6H,1H2,2H3;1-2H3/b28-5+;6-4-,7-5?;. The first-order valence-electron chi connectivity index (χ1n) is 18.2. The number of aromatic nitrogens is 2. The smallest absolute Gasteiger partial charge is 0.160 e. The van der Waals surface area contributed by atoms with Crippen LogP contribution in [0.4, 0.5) is 0 Å². The van der Waals surface area contributed by atoms with Gasteiger partial charge >= 0.3 is 0 Å². The van der Waals surface area contributed by atoms with Crippen LogP contribution in [0.1, 0.15) is 64.3 Å². The molecule has 0 spiro atoms. The second-order valence-electron chi connectivity index (χ2n) is 12.5. The summed E-state index contributed by atoms with van der Waals surface area (Å²) < 4.78 is 0. The molecule has 1 atom stereocenters. The predicted molar refractivity (Wildman–Crippen MR) is 225 cm³/mol. The topological polar surface area (TPSA) is 38.1 Å². The van der Waals surface area contributed by atoms with Gasteiger partial charge in [-0.1, -0.05) is 160 Å². The molecule has 1 heterocycles.